The summed E-state index contributed by atoms with van der Waals surface area (Å²) < 4.78 is 4.94. The van der Waals surface area contributed by atoms with Crippen molar-refractivity contribution in [3.8, 4) is 33.6 Å². The number of aliphatic imine (C=N–C) groups is 3. The van der Waals surface area contributed by atoms with Gasteiger partial charge in [0, 0.05) is 38.4 Å². The van der Waals surface area contributed by atoms with E-state index in [-0.39, 0.29) is 12.3 Å². The summed E-state index contributed by atoms with van der Waals surface area (Å²) >= 11 is 0. The number of rotatable bonds is 10. The van der Waals surface area contributed by atoms with Gasteiger partial charge in [-0.3, -0.25) is 5.32 Å². The molecule has 16 rings (SSSR count). The molecule has 0 fully saturated rings. The van der Waals surface area contributed by atoms with E-state index in [1.54, 1.807) is 0 Å². The summed E-state index contributed by atoms with van der Waals surface area (Å²) in [6.45, 7) is 0. The van der Waals surface area contributed by atoms with Crippen LogP contribution in [0.15, 0.2) is 300 Å². The van der Waals surface area contributed by atoms with Gasteiger partial charge in [0.15, 0.2) is 5.84 Å². The highest BCUT2D eigenvalue weighted by atomic mass is 15.3. The van der Waals surface area contributed by atoms with Crippen LogP contribution in [0.1, 0.15) is 59.2 Å². The van der Waals surface area contributed by atoms with Crippen LogP contribution in [0.2, 0.25) is 0 Å². The number of nitrogens with zero attached hydrogens (tertiary/aromatic N) is 5. The van der Waals surface area contributed by atoms with Crippen LogP contribution < -0.4 is 16.0 Å². The maximum atomic E-state index is 5.84. The molecule has 1 aliphatic carbocycles. The van der Waals surface area contributed by atoms with Crippen LogP contribution in [0.5, 0.6) is 0 Å². The summed E-state index contributed by atoms with van der Waals surface area (Å²) in [5, 5.41) is 19.0. The fourth-order valence-electron chi connectivity index (χ4n) is 12.8. The molecule has 0 radical (unpaired) electrons. The molecule has 2 aliphatic heterocycles. The van der Waals surface area contributed by atoms with E-state index < -0.39 is 6.17 Å². The molecule has 2 aromatic heterocycles. The minimum atomic E-state index is -0.450. The van der Waals surface area contributed by atoms with Gasteiger partial charge in [-0.1, -0.05) is 218 Å². The molecule has 8 nitrogen and oxygen atoms in total. The van der Waals surface area contributed by atoms with Crippen molar-refractivity contribution in [3.63, 3.8) is 0 Å². The Hall–Kier alpha value is -10.7. The van der Waals surface area contributed by atoms with Crippen molar-refractivity contribution in [2.45, 2.75) is 31.3 Å². The van der Waals surface area contributed by atoms with E-state index in [4.69, 9.17) is 15.0 Å². The first kappa shape index (κ1) is 49.2. The Bertz CT molecular complexity index is 4890. The zero-order valence-corrected chi connectivity index (χ0v) is 45.9. The molecule has 84 heavy (non-hydrogen) atoms. The van der Waals surface area contributed by atoms with Gasteiger partial charge in [0.2, 0.25) is 0 Å². The van der Waals surface area contributed by atoms with E-state index >= 15 is 0 Å². The normalized spacial score (nSPS) is 17.0. The zero-order chi connectivity index (χ0) is 55.5. The SMILES string of the molecule is C1=CCCC(C2=NC(c3ccccc3)NC(c3ccc(-n4c5ccccc5c5ccc6c(c7ccccc7n6-c6ccc7ccccc7c6)c54)c(C4=NC(c5cccc(-c6ccccc6)c5)NC(c5cccc(-c6ccccc6)c5)N4)c3)=N2)=C1. The van der Waals surface area contributed by atoms with Gasteiger partial charge in [0.25, 0.3) is 0 Å². The molecule has 13 aromatic rings. The lowest BCUT2D eigenvalue weighted by molar-refractivity contribution is 0.409. The number of amidine groups is 3. The number of para-hydroxylation sites is 2. The minimum Gasteiger partial charge on any atom is -0.350 e. The molecule has 0 saturated carbocycles. The van der Waals surface area contributed by atoms with E-state index in [2.05, 4.69) is 304 Å². The van der Waals surface area contributed by atoms with E-state index in [1.165, 1.54) is 26.9 Å². The smallest absolute Gasteiger partial charge is 0.155 e. The van der Waals surface area contributed by atoms with Crippen LogP contribution >= 0.6 is 0 Å². The van der Waals surface area contributed by atoms with E-state index in [1.807, 2.05) is 0 Å². The van der Waals surface area contributed by atoms with Gasteiger partial charge in [-0.2, -0.15) is 0 Å². The fraction of sp³-hybridized carbons (Fsp3) is 0.0658. The molecule has 0 spiro atoms. The maximum absolute atomic E-state index is 5.84. The fourth-order valence-corrected chi connectivity index (χ4v) is 12.8. The van der Waals surface area contributed by atoms with Gasteiger partial charge in [0.05, 0.1) is 27.8 Å². The molecule has 400 valence electrons. The van der Waals surface area contributed by atoms with Crippen molar-refractivity contribution < 1.29 is 0 Å². The maximum Gasteiger partial charge on any atom is 0.155 e. The predicted octanol–water partition coefficient (Wildman–Crippen LogP) is 17.4. The number of hydrogen-bond acceptors (Lipinski definition) is 6. The summed E-state index contributed by atoms with van der Waals surface area (Å²) in [5.74, 6) is 2.24. The molecule has 3 atom stereocenters. The Balaban J connectivity index is 0.959. The predicted molar refractivity (Wildman–Crippen MR) is 347 cm³/mol. The Morgan fingerprint density at radius 3 is 1.83 bits per heavy atom. The molecule has 3 N–H and O–H groups in total. The number of benzene rings is 11. The lowest BCUT2D eigenvalue weighted by Crippen LogP contribution is -2.45. The van der Waals surface area contributed by atoms with Crippen molar-refractivity contribution in [2.75, 3.05) is 0 Å². The average molecular weight is 1080 g/mol. The quantitative estimate of drug-likeness (QED) is 0.128. The monoisotopic (exact) mass is 1080 g/mol. The van der Waals surface area contributed by atoms with Gasteiger partial charge >= 0.3 is 0 Å². The zero-order valence-electron chi connectivity index (χ0n) is 45.9. The van der Waals surface area contributed by atoms with Crippen LogP contribution in [0, 0.1) is 0 Å². The standard InChI is InChI=1S/C76H56N8/c1-5-21-49(22-6-1)54-31-19-33-57(45-54)73-80-74(58-34-20-32-55(46-58)50-23-7-2-8-24-50)82-76(81-73)64-48-59(75-78-71(52-26-9-3-10-27-52)77-72(79-75)53-28-11-4-12-29-53)40-43-67(64)84-65-37-17-15-35-61(65)62-42-44-68-69(70(62)84)63-36-16-18-38-66(63)83(68)60-41-39-51-25-13-14-30-56(51)47-60/h1-11,13-28,30-48,71,73-74,80H,12,29H2,(H,81,82)(H,77,78,79). The summed E-state index contributed by atoms with van der Waals surface area (Å²) in [4.78, 5) is 16.6. The molecule has 3 aliphatic rings. The molecule has 8 heteroatoms. The highest BCUT2D eigenvalue weighted by Gasteiger charge is 2.31. The summed E-state index contributed by atoms with van der Waals surface area (Å²) in [7, 11) is 0. The number of hydrogen-bond donors (Lipinski definition) is 3. The molecule has 3 unspecified atom stereocenters. The summed E-state index contributed by atoms with van der Waals surface area (Å²) in [5.41, 5.74) is 17.3. The molecule has 0 bridgehead atoms. The van der Waals surface area contributed by atoms with Crippen LogP contribution in [0.25, 0.3) is 88.0 Å². The highest BCUT2D eigenvalue weighted by molar-refractivity contribution is 6.26. The first-order valence-corrected chi connectivity index (χ1v) is 29.0. The van der Waals surface area contributed by atoms with Crippen molar-refractivity contribution >= 4 is 71.9 Å². The second kappa shape index (κ2) is 20.7. The van der Waals surface area contributed by atoms with Gasteiger partial charge in [0.1, 0.15) is 30.2 Å². The second-order valence-corrected chi connectivity index (χ2v) is 22.0. The van der Waals surface area contributed by atoms with Gasteiger partial charge < -0.3 is 19.8 Å². The van der Waals surface area contributed by atoms with Crippen LogP contribution in [0.3, 0.4) is 0 Å². The second-order valence-electron chi connectivity index (χ2n) is 22.0. The Labute approximate surface area is 486 Å². The van der Waals surface area contributed by atoms with Crippen LogP contribution in [-0.4, -0.2) is 26.6 Å². The lowest BCUT2D eigenvalue weighted by atomic mass is 9.98. The average Bonchev–Trinajstić information content (AvgIpc) is 1.92. The molecular formula is C76H56N8. The molecular weight excluding hydrogens is 1020 g/mol. The lowest BCUT2D eigenvalue weighted by Gasteiger charge is -2.33. The summed E-state index contributed by atoms with van der Waals surface area (Å²) in [6.07, 6.45) is 7.15. The van der Waals surface area contributed by atoms with Gasteiger partial charge in [-0.15, -0.1) is 0 Å². The number of nitrogens with one attached hydrogen (secondary N) is 3. The van der Waals surface area contributed by atoms with Crippen molar-refractivity contribution in [1.29, 1.82) is 0 Å². The first-order chi connectivity index (χ1) is 41.6. The van der Waals surface area contributed by atoms with Crippen molar-refractivity contribution in [2.24, 2.45) is 15.0 Å². The number of fused-ring (bicyclic) bond motifs is 8. The number of allylic oxidation sites excluding steroid dienone is 3. The van der Waals surface area contributed by atoms with Gasteiger partial charge in [-0.25, -0.2) is 15.0 Å². The largest absolute Gasteiger partial charge is 0.350 e. The van der Waals surface area contributed by atoms with Crippen molar-refractivity contribution in [3.05, 3.63) is 312 Å². The van der Waals surface area contributed by atoms with Crippen LogP contribution in [-0.2, 0) is 0 Å². The first-order valence-electron chi connectivity index (χ1n) is 29.0. The molecule has 0 saturated heterocycles. The Morgan fingerprint density at radius 1 is 0.417 bits per heavy atom. The third kappa shape index (κ3) is 8.70. The topological polar surface area (TPSA) is 83.0 Å². The van der Waals surface area contributed by atoms with Crippen molar-refractivity contribution in [1.82, 2.24) is 25.1 Å². The molecule has 0 amide bonds. The minimum absolute atomic E-state index is 0.355. The van der Waals surface area contributed by atoms with Crippen LogP contribution in [0.4, 0.5) is 0 Å². The Kier molecular flexibility index (Phi) is 12.1. The van der Waals surface area contributed by atoms with E-state index in [9.17, 15) is 0 Å². The molecule has 4 heterocycles. The highest BCUT2D eigenvalue weighted by Crippen LogP contribution is 2.44. The van der Waals surface area contributed by atoms with E-state index in [0.717, 1.165) is 125 Å². The van der Waals surface area contributed by atoms with Gasteiger partial charge in [-0.05, 0) is 129 Å². The summed E-state index contributed by atoms with van der Waals surface area (Å²) in [6, 6.07) is 94.0. The Morgan fingerprint density at radius 2 is 1.07 bits per heavy atom. The third-order valence-corrected chi connectivity index (χ3v) is 16.9. The van der Waals surface area contributed by atoms with E-state index in [0.29, 0.717) is 0 Å². The molecule has 11 aromatic carbocycles. The third-order valence-electron chi connectivity index (χ3n) is 16.9. The number of aromatic nitrogens is 2.